The molecule has 2 rings (SSSR count). The van der Waals surface area contributed by atoms with Crippen LogP contribution in [0.2, 0.25) is 5.02 Å². The summed E-state index contributed by atoms with van der Waals surface area (Å²) in [5.74, 6) is 0.666. The summed E-state index contributed by atoms with van der Waals surface area (Å²) in [5.41, 5.74) is 2.40. The van der Waals surface area contributed by atoms with E-state index in [1.807, 2.05) is 18.2 Å². The number of aryl methyl sites for hydroxylation is 2. The number of benzene rings is 1. The van der Waals surface area contributed by atoms with E-state index in [2.05, 4.69) is 16.0 Å². The van der Waals surface area contributed by atoms with Crippen molar-refractivity contribution < 1.29 is 4.74 Å². The number of halogens is 1. The number of ether oxygens (including phenoxy) is 1. The van der Waals surface area contributed by atoms with Gasteiger partial charge in [0.2, 0.25) is 0 Å². The Morgan fingerprint density at radius 3 is 2.94 bits per heavy atom. The smallest absolute Gasteiger partial charge is 0.161 e. The SMILES string of the molecule is COc1ccc(CCc2[nH]cnc2C#N)cc1Cl. The summed E-state index contributed by atoms with van der Waals surface area (Å²) in [4.78, 5) is 6.90. The molecule has 1 N–H and O–H groups in total. The van der Waals surface area contributed by atoms with Crippen LogP contribution in [0.4, 0.5) is 0 Å². The monoisotopic (exact) mass is 261 g/mol. The molecule has 0 saturated carbocycles. The third-order valence-corrected chi connectivity index (χ3v) is 3.00. The molecule has 0 aliphatic heterocycles. The predicted octanol–water partition coefficient (Wildman–Crippen LogP) is 2.73. The van der Waals surface area contributed by atoms with Crippen LogP contribution in [0, 0.1) is 11.3 Å². The highest BCUT2D eigenvalue weighted by Crippen LogP contribution is 2.25. The molecule has 1 heterocycles. The molecule has 92 valence electrons. The molecule has 0 radical (unpaired) electrons. The van der Waals surface area contributed by atoms with Crippen molar-refractivity contribution in [2.24, 2.45) is 0 Å². The van der Waals surface area contributed by atoms with Gasteiger partial charge in [-0.15, -0.1) is 0 Å². The fraction of sp³-hybridized carbons (Fsp3) is 0.231. The molecule has 0 unspecified atom stereocenters. The minimum atomic E-state index is 0.453. The second kappa shape index (κ2) is 5.56. The molecule has 18 heavy (non-hydrogen) atoms. The molecule has 0 spiro atoms. The molecule has 2 aromatic rings. The Labute approximate surface area is 110 Å². The maximum atomic E-state index is 8.85. The van der Waals surface area contributed by atoms with Crippen LogP contribution in [0.25, 0.3) is 0 Å². The number of aromatic amines is 1. The zero-order valence-corrected chi connectivity index (χ0v) is 10.7. The van der Waals surface area contributed by atoms with E-state index in [1.165, 1.54) is 6.33 Å². The second-order valence-electron chi connectivity index (χ2n) is 3.81. The van der Waals surface area contributed by atoms with Gasteiger partial charge in [0, 0.05) is 0 Å². The zero-order valence-electron chi connectivity index (χ0n) is 9.90. The van der Waals surface area contributed by atoms with Gasteiger partial charge < -0.3 is 9.72 Å². The highest BCUT2D eigenvalue weighted by atomic mass is 35.5. The van der Waals surface area contributed by atoms with Crippen LogP contribution in [0.1, 0.15) is 17.0 Å². The summed E-state index contributed by atoms with van der Waals surface area (Å²) < 4.78 is 5.10. The topological polar surface area (TPSA) is 61.7 Å². The van der Waals surface area contributed by atoms with E-state index in [-0.39, 0.29) is 0 Å². The summed E-state index contributed by atoms with van der Waals surface area (Å²) in [7, 11) is 1.59. The number of imidazole rings is 1. The van der Waals surface area contributed by atoms with Gasteiger partial charge >= 0.3 is 0 Å². The number of nitrogens with zero attached hydrogens (tertiary/aromatic N) is 2. The Morgan fingerprint density at radius 1 is 1.44 bits per heavy atom. The Hall–Kier alpha value is -1.99. The lowest BCUT2D eigenvalue weighted by molar-refractivity contribution is 0.415. The van der Waals surface area contributed by atoms with Crippen molar-refractivity contribution in [1.82, 2.24) is 9.97 Å². The molecule has 0 aliphatic carbocycles. The van der Waals surface area contributed by atoms with Crippen molar-refractivity contribution in [3.8, 4) is 11.8 Å². The summed E-state index contributed by atoms with van der Waals surface area (Å²) >= 11 is 6.05. The van der Waals surface area contributed by atoms with Gasteiger partial charge in [-0.1, -0.05) is 17.7 Å². The lowest BCUT2D eigenvalue weighted by Gasteiger charge is -2.05. The van der Waals surface area contributed by atoms with Gasteiger partial charge in [0.15, 0.2) is 5.69 Å². The Bertz CT molecular complexity index is 586. The van der Waals surface area contributed by atoms with E-state index in [0.29, 0.717) is 16.5 Å². The Balaban J connectivity index is 2.07. The van der Waals surface area contributed by atoms with Gasteiger partial charge in [0.1, 0.15) is 11.8 Å². The van der Waals surface area contributed by atoms with Crippen LogP contribution >= 0.6 is 11.6 Å². The minimum Gasteiger partial charge on any atom is -0.495 e. The van der Waals surface area contributed by atoms with Crippen molar-refractivity contribution in [3.05, 3.63) is 46.5 Å². The highest BCUT2D eigenvalue weighted by Gasteiger charge is 2.06. The molecular formula is C13H12ClN3O. The number of methoxy groups -OCH3 is 1. The predicted molar refractivity (Wildman–Crippen MR) is 68.7 cm³/mol. The molecule has 4 nitrogen and oxygen atoms in total. The largest absolute Gasteiger partial charge is 0.495 e. The Morgan fingerprint density at radius 2 is 2.28 bits per heavy atom. The van der Waals surface area contributed by atoms with Crippen molar-refractivity contribution in [1.29, 1.82) is 5.26 Å². The molecule has 1 aromatic carbocycles. The molecule has 0 bridgehead atoms. The summed E-state index contributed by atoms with van der Waals surface area (Å²) in [5, 5.41) is 9.44. The normalized spacial score (nSPS) is 10.1. The lowest BCUT2D eigenvalue weighted by atomic mass is 10.1. The zero-order chi connectivity index (χ0) is 13.0. The molecule has 5 heteroatoms. The first-order valence-electron chi connectivity index (χ1n) is 5.49. The minimum absolute atomic E-state index is 0.453. The molecule has 1 aromatic heterocycles. The summed E-state index contributed by atoms with van der Waals surface area (Å²) in [6.45, 7) is 0. The van der Waals surface area contributed by atoms with Gasteiger partial charge in [-0.05, 0) is 30.5 Å². The Kier molecular flexibility index (Phi) is 3.85. The first-order valence-corrected chi connectivity index (χ1v) is 5.87. The van der Waals surface area contributed by atoms with E-state index >= 15 is 0 Å². The van der Waals surface area contributed by atoms with E-state index < -0.39 is 0 Å². The van der Waals surface area contributed by atoms with E-state index in [4.69, 9.17) is 21.6 Å². The van der Waals surface area contributed by atoms with Gasteiger partial charge in [-0.25, -0.2) is 4.98 Å². The summed E-state index contributed by atoms with van der Waals surface area (Å²) in [6.07, 6.45) is 3.06. The molecule has 0 amide bonds. The first-order chi connectivity index (χ1) is 8.74. The number of nitriles is 1. The average molecular weight is 262 g/mol. The summed E-state index contributed by atoms with van der Waals surface area (Å²) in [6, 6.07) is 7.74. The van der Waals surface area contributed by atoms with Gasteiger partial charge in [-0.2, -0.15) is 5.26 Å². The van der Waals surface area contributed by atoms with Crippen molar-refractivity contribution in [2.75, 3.05) is 7.11 Å². The lowest BCUT2D eigenvalue weighted by Crippen LogP contribution is -1.95. The number of H-pyrrole nitrogens is 1. The third kappa shape index (κ3) is 2.63. The maximum absolute atomic E-state index is 8.85. The number of nitrogens with one attached hydrogen (secondary N) is 1. The van der Waals surface area contributed by atoms with E-state index in [9.17, 15) is 0 Å². The molecule has 0 fully saturated rings. The van der Waals surface area contributed by atoms with Crippen LogP contribution in [0.3, 0.4) is 0 Å². The molecule has 0 atom stereocenters. The van der Waals surface area contributed by atoms with Gasteiger partial charge in [-0.3, -0.25) is 0 Å². The fourth-order valence-corrected chi connectivity index (χ4v) is 2.02. The highest BCUT2D eigenvalue weighted by molar-refractivity contribution is 6.32. The van der Waals surface area contributed by atoms with Gasteiger partial charge in [0.25, 0.3) is 0 Å². The standard InChI is InChI=1S/C13H12ClN3O/c1-18-13-5-3-9(6-10(13)14)2-4-11-12(7-15)17-8-16-11/h3,5-6,8H,2,4H2,1H3,(H,16,17). The van der Waals surface area contributed by atoms with Crippen LogP contribution < -0.4 is 4.74 Å². The number of hydrogen-bond acceptors (Lipinski definition) is 3. The quantitative estimate of drug-likeness (QED) is 0.920. The van der Waals surface area contributed by atoms with E-state index in [1.54, 1.807) is 7.11 Å². The number of rotatable bonds is 4. The molecular weight excluding hydrogens is 250 g/mol. The van der Waals surface area contributed by atoms with E-state index in [0.717, 1.165) is 24.1 Å². The van der Waals surface area contributed by atoms with Crippen LogP contribution in [-0.2, 0) is 12.8 Å². The van der Waals surface area contributed by atoms with Crippen molar-refractivity contribution >= 4 is 11.6 Å². The first kappa shape index (κ1) is 12.5. The average Bonchev–Trinajstić information content (AvgIpc) is 2.84. The number of hydrogen-bond donors (Lipinski definition) is 1. The number of aromatic nitrogens is 2. The van der Waals surface area contributed by atoms with Crippen LogP contribution in [0.5, 0.6) is 5.75 Å². The fourth-order valence-electron chi connectivity index (χ4n) is 1.74. The van der Waals surface area contributed by atoms with Gasteiger partial charge in [0.05, 0.1) is 24.2 Å². The van der Waals surface area contributed by atoms with Crippen LogP contribution in [-0.4, -0.2) is 17.1 Å². The molecule has 0 aliphatic rings. The van der Waals surface area contributed by atoms with Crippen LogP contribution in [0.15, 0.2) is 24.5 Å². The molecule has 0 saturated heterocycles. The maximum Gasteiger partial charge on any atom is 0.161 e. The second-order valence-corrected chi connectivity index (χ2v) is 4.22. The van der Waals surface area contributed by atoms with Crippen molar-refractivity contribution in [2.45, 2.75) is 12.8 Å². The van der Waals surface area contributed by atoms with Crippen molar-refractivity contribution in [3.63, 3.8) is 0 Å². The third-order valence-electron chi connectivity index (χ3n) is 2.70.